The second-order valence-electron chi connectivity index (χ2n) is 6.77. The first-order valence-electron chi connectivity index (χ1n) is 8.75. The Morgan fingerprint density at radius 1 is 1.15 bits per heavy atom. The number of anilines is 1. The lowest BCUT2D eigenvalue weighted by Gasteiger charge is -2.14. The minimum absolute atomic E-state index is 0.194. The van der Waals surface area contributed by atoms with Crippen molar-refractivity contribution in [3.8, 4) is 5.69 Å². The summed E-state index contributed by atoms with van der Waals surface area (Å²) in [6.45, 7) is 7.80. The normalized spacial score (nSPS) is 15.4. The minimum atomic E-state index is -0.417. The molecule has 1 aliphatic heterocycles. The van der Waals surface area contributed by atoms with E-state index in [1.54, 1.807) is 6.08 Å². The van der Waals surface area contributed by atoms with Crippen LogP contribution in [0.4, 0.5) is 10.5 Å². The molecule has 0 saturated carbocycles. The van der Waals surface area contributed by atoms with Gasteiger partial charge in [0.05, 0.1) is 0 Å². The molecule has 6 nitrogen and oxygen atoms in total. The van der Waals surface area contributed by atoms with Crippen LogP contribution in [0.1, 0.15) is 17.0 Å². The number of urea groups is 1. The van der Waals surface area contributed by atoms with E-state index >= 15 is 0 Å². The van der Waals surface area contributed by atoms with E-state index in [9.17, 15) is 9.59 Å². The van der Waals surface area contributed by atoms with E-state index in [0.717, 1.165) is 33.2 Å². The van der Waals surface area contributed by atoms with E-state index in [2.05, 4.69) is 45.6 Å². The highest BCUT2D eigenvalue weighted by atomic mass is 16.2. The van der Waals surface area contributed by atoms with E-state index in [4.69, 9.17) is 0 Å². The monoisotopic (exact) mass is 364 g/mol. The lowest BCUT2D eigenvalue weighted by Crippen LogP contribution is -2.30. The van der Waals surface area contributed by atoms with E-state index in [1.807, 2.05) is 34.0 Å². The molecule has 1 saturated heterocycles. The number of rotatable bonds is 5. The maximum Gasteiger partial charge on any atom is 0.329 e. The summed E-state index contributed by atoms with van der Waals surface area (Å²) in [6, 6.07) is 9.87. The number of benzene rings is 1. The Balaban J connectivity index is 1.96. The van der Waals surface area contributed by atoms with Gasteiger partial charge in [-0.1, -0.05) is 6.08 Å². The number of aryl methyl sites for hydroxylation is 1. The number of nitrogens with one attached hydrogen (secondary N) is 1. The molecule has 1 aliphatic rings. The number of hydrogen-bond acceptors (Lipinski definition) is 3. The summed E-state index contributed by atoms with van der Waals surface area (Å²) in [5, 5.41) is 2.64. The first-order chi connectivity index (χ1) is 12.8. The van der Waals surface area contributed by atoms with Crippen molar-refractivity contribution < 1.29 is 9.59 Å². The molecule has 2 aromatic rings. The predicted octanol–water partition coefficient (Wildman–Crippen LogP) is 3.24. The molecule has 3 rings (SSSR count). The van der Waals surface area contributed by atoms with Gasteiger partial charge in [-0.3, -0.25) is 9.69 Å². The summed E-state index contributed by atoms with van der Waals surface area (Å²) >= 11 is 0. The standard InChI is InChI=1S/C21H24N4O2/c1-6-11-24-20(26)19(22-21(24)27)13-16-12-14(2)25(15(16)3)18-9-7-17(8-10-18)23(4)5/h6-10,12-13H,1,11H2,2-5H3,(H,22,27)/b19-13+. The fourth-order valence-electron chi connectivity index (χ4n) is 3.25. The Morgan fingerprint density at radius 3 is 2.41 bits per heavy atom. The molecule has 0 aliphatic carbocycles. The second-order valence-corrected chi connectivity index (χ2v) is 6.77. The highest BCUT2D eigenvalue weighted by Crippen LogP contribution is 2.25. The van der Waals surface area contributed by atoms with Crippen molar-refractivity contribution in [1.29, 1.82) is 0 Å². The molecule has 6 heteroatoms. The molecule has 1 aromatic carbocycles. The van der Waals surface area contributed by atoms with Gasteiger partial charge in [-0.25, -0.2) is 4.79 Å². The average Bonchev–Trinajstić information content (AvgIpc) is 3.05. The second kappa shape index (κ2) is 7.15. The van der Waals surface area contributed by atoms with Crippen LogP contribution in [0, 0.1) is 13.8 Å². The van der Waals surface area contributed by atoms with Crippen molar-refractivity contribution in [3.05, 3.63) is 65.6 Å². The summed E-state index contributed by atoms with van der Waals surface area (Å²) in [4.78, 5) is 27.5. The number of hydrogen-bond donors (Lipinski definition) is 1. The van der Waals surface area contributed by atoms with Crippen molar-refractivity contribution in [1.82, 2.24) is 14.8 Å². The smallest absolute Gasteiger partial charge is 0.329 e. The quantitative estimate of drug-likeness (QED) is 0.503. The van der Waals surface area contributed by atoms with E-state index in [-0.39, 0.29) is 18.1 Å². The van der Waals surface area contributed by atoms with Crippen LogP contribution in [-0.2, 0) is 4.79 Å². The Morgan fingerprint density at radius 2 is 1.81 bits per heavy atom. The number of aromatic nitrogens is 1. The maximum absolute atomic E-state index is 12.4. The molecule has 0 bridgehead atoms. The lowest BCUT2D eigenvalue weighted by atomic mass is 10.2. The van der Waals surface area contributed by atoms with Crippen LogP contribution in [0.15, 0.2) is 48.7 Å². The Kier molecular flexibility index (Phi) is 4.90. The van der Waals surface area contributed by atoms with E-state index in [0.29, 0.717) is 0 Å². The Labute approximate surface area is 159 Å². The van der Waals surface area contributed by atoms with Crippen LogP contribution < -0.4 is 10.2 Å². The van der Waals surface area contributed by atoms with Crippen LogP contribution in [0.2, 0.25) is 0 Å². The number of nitrogens with zero attached hydrogens (tertiary/aromatic N) is 3. The summed E-state index contributed by atoms with van der Waals surface area (Å²) in [5.74, 6) is -0.333. The van der Waals surface area contributed by atoms with Gasteiger partial charge in [-0.05, 0) is 55.8 Å². The molecule has 1 aromatic heterocycles. The fourth-order valence-corrected chi connectivity index (χ4v) is 3.25. The Bertz CT molecular complexity index is 936. The number of carbonyl (C=O) groups excluding carboxylic acids is 2. The van der Waals surface area contributed by atoms with Gasteiger partial charge in [0.2, 0.25) is 0 Å². The topological polar surface area (TPSA) is 57.6 Å². The van der Waals surface area contributed by atoms with Crippen molar-refractivity contribution in [2.75, 3.05) is 25.5 Å². The largest absolute Gasteiger partial charge is 0.378 e. The van der Waals surface area contributed by atoms with Gasteiger partial charge < -0.3 is 14.8 Å². The molecule has 0 atom stereocenters. The van der Waals surface area contributed by atoms with Crippen molar-refractivity contribution in [3.63, 3.8) is 0 Å². The van der Waals surface area contributed by atoms with Crippen LogP contribution in [0.5, 0.6) is 0 Å². The molecule has 1 N–H and O–H groups in total. The molecule has 0 radical (unpaired) electrons. The predicted molar refractivity (Wildman–Crippen MR) is 108 cm³/mol. The number of carbonyl (C=O) groups is 2. The fraction of sp³-hybridized carbons (Fsp3) is 0.238. The van der Waals surface area contributed by atoms with Gasteiger partial charge in [0.1, 0.15) is 5.70 Å². The minimum Gasteiger partial charge on any atom is -0.378 e. The zero-order valence-corrected chi connectivity index (χ0v) is 16.1. The first-order valence-corrected chi connectivity index (χ1v) is 8.75. The molecule has 0 spiro atoms. The average molecular weight is 364 g/mol. The molecule has 2 heterocycles. The summed E-state index contributed by atoms with van der Waals surface area (Å²) < 4.78 is 2.13. The van der Waals surface area contributed by atoms with Gasteiger partial charge in [-0.2, -0.15) is 0 Å². The van der Waals surface area contributed by atoms with Crippen molar-refractivity contribution in [2.45, 2.75) is 13.8 Å². The molecular formula is C21H24N4O2. The van der Waals surface area contributed by atoms with Crippen LogP contribution in [-0.4, -0.2) is 42.0 Å². The van der Waals surface area contributed by atoms with Gasteiger partial charge >= 0.3 is 6.03 Å². The highest BCUT2D eigenvalue weighted by Gasteiger charge is 2.32. The van der Waals surface area contributed by atoms with Crippen molar-refractivity contribution in [2.24, 2.45) is 0 Å². The summed E-state index contributed by atoms with van der Waals surface area (Å²) in [5.41, 5.74) is 5.41. The van der Waals surface area contributed by atoms with Gasteiger partial charge in [0.15, 0.2) is 0 Å². The summed E-state index contributed by atoms with van der Waals surface area (Å²) in [6.07, 6.45) is 3.26. The zero-order valence-electron chi connectivity index (χ0n) is 16.1. The molecule has 140 valence electrons. The van der Waals surface area contributed by atoms with Gasteiger partial charge in [-0.15, -0.1) is 6.58 Å². The maximum atomic E-state index is 12.4. The SMILES string of the molecule is C=CCN1C(=O)N/C(=C/c2cc(C)n(-c3ccc(N(C)C)cc3)c2C)C1=O. The highest BCUT2D eigenvalue weighted by molar-refractivity contribution is 6.14. The van der Waals surface area contributed by atoms with Crippen LogP contribution in [0.25, 0.3) is 11.8 Å². The molecule has 3 amide bonds. The zero-order chi connectivity index (χ0) is 19.7. The number of imide groups is 1. The third-order valence-electron chi connectivity index (χ3n) is 4.67. The molecule has 0 unspecified atom stereocenters. The lowest BCUT2D eigenvalue weighted by molar-refractivity contribution is -0.122. The van der Waals surface area contributed by atoms with E-state index < -0.39 is 6.03 Å². The Hall–Kier alpha value is -3.28. The van der Waals surface area contributed by atoms with Crippen LogP contribution >= 0.6 is 0 Å². The first kappa shape index (κ1) is 18.5. The number of amides is 3. The van der Waals surface area contributed by atoms with Crippen LogP contribution in [0.3, 0.4) is 0 Å². The van der Waals surface area contributed by atoms with Crippen molar-refractivity contribution >= 4 is 23.7 Å². The third-order valence-corrected chi connectivity index (χ3v) is 4.67. The molecule has 27 heavy (non-hydrogen) atoms. The van der Waals surface area contributed by atoms with Gasteiger partial charge in [0.25, 0.3) is 5.91 Å². The van der Waals surface area contributed by atoms with E-state index in [1.165, 1.54) is 6.08 Å². The third kappa shape index (κ3) is 3.38. The van der Waals surface area contributed by atoms with Gasteiger partial charge in [0, 0.05) is 43.4 Å². The molecular weight excluding hydrogens is 340 g/mol. The summed E-state index contributed by atoms with van der Waals surface area (Å²) in [7, 11) is 4.02. The molecule has 1 fully saturated rings.